The lowest BCUT2D eigenvalue weighted by Gasteiger charge is -2.27. The number of nitrogens with zero attached hydrogens (tertiary/aromatic N) is 5. The number of carbonyl (C=O) groups excluding carboxylic acids is 1. The van der Waals surface area contributed by atoms with E-state index in [-0.39, 0.29) is 18.3 Å². The van der Waals surface area contributed by atoms with Crippen LogP contribution in [0.25, 0.3) is 11.2 Å². The third-order valence-corrected chi connectivity index (χ3v) is 5.15. The van der Waals surface area contributed by atoms with Crippen molar-refractivity contribution in [3.05, 3.63) is 12.7 Å². The van der Waals surface area contributed by atoms with Crippen molar-refractivity contribution in [1.82, 2.24) is 24.4 Å². The Kier molecular flexibility index (Phi) is 5.38. The smallest absolute Gasteiger partial charge is 0.293 e. The number of hydrogen-bond donors (Lipinski definition) is 1. The normalized spacial score (nSPS) is 28.1. The first-order valence-corrected chi connectivity index (χ1v) is 9.57. The molecule has 2 aromatic rings. The number of ether oxygens (including phenoxy) is 4. The molecule has 2 N–H and O–H groups in total. The van der Waals surface area contributed by atoms with Crippen molar-refractivity contribution in [2.75, 3.05) is 32.5 Å². The first-order valence-electron chi connectivity index (χ1n) is 9.57. The van der Waals surface area contributed by atoms with Crippen LogP contribution >= 0.6 is 0 Å². The molecule has 0 amide bonds. The maximum absolute atomic E-state index is 10.3. The Morgan fingerprint density at radius 3 is 2.90 bits per heavy atom. The minimum atomic E-state index is -0.712. The van der Waals surface area contributed by atoms with Crippen LogP contribution in [-0.4, -0.2) is 81.7 Å². The maximum atomic E-state index is 10.3. The van der Waals surface area contributed by atoms with Gasteiger partial charge < -0.3 is 29.6 Å². The van der Waals surface area contributed by atoms with Gasteiger partial charge in [-0.2, -0.15) is 0 Å². The fraction of sp³-hybridized carbons (Fsp3) is 0.667. The van der Waals surface area contributed by atoms with Crippen LogP contribution in [0.1, 0.15) is 26.5 Å². The lowest BCUT2D eigenvalue weighted by atomic mass is 10.1. The molecule has 0 saturated carbocycles. The summed E-state index contributed by atoms with van der Waals surface area (Å²) in [5, 5.41) is 0. The molecule has 2 unspecified atom stereocenters. The number of fused-ring (bicyclic) bond motifs is 2. The van der Waals surface area contributed by atoms with Crippen molar-refractivity contribution in [2.24, 2.45) is 0 Å². The second-order valence-corrected chi connectivity index (χ2v) is 7.80. The quantitative estimate of drug-likeness (QED) is 0.484. The van der Waals surface area contributed by atoms with Crippen molar-refractivity contribution in [2.45, 2.75) is 50.6 Å². The van der Waals surface area contributed by atoms with E-state index in [2.05, 4.69) is 19.9 Å². The monoisotopic (exact) mass is 406 g/mol. The van der Waals surface area contributed by atoms with Crippen LogP contribution in [0.4, 0.5) is 5.82 Å². The Labute approximate surface area is 168 Å². The van der Waals surface area contributed by atoms with Gasteiger partial charge in [0.25, 0.3) is 6.47 Å². The van der Waals surface area contributed by atoms with Gasteiger partial charge in [0.05, 0.1) is 12.9 Å². The van der Waals surface area contributed by atoms with Gasteiger partial charge in [0.2, 0.25) is 0 Å². The highest BCUT2D eigenvalue weighted by Gasteiger charge is 2.56. The van der Waals surface area contributed by atoms with E-state index in [1.165, 1.54) is 6.33 Å². The van der Waals surface area contributed by atoms with Crippen molar-refractivity contribution < 1.29 is 23.7 Å². The molecule has 11 heteroatoms. The number of aromatic nitrogens is 4. The molecular weight excluding hydrogens is 380 g/mol. The zero-order valence-electron chi connectivity index (χ0n) is 16.7. The molecule has 2 fully saturated rings. The van der Waals surface area contributed by atoms with Crippen molar-refractivity contribution in [1.29, 1.82) is 0 Å². The van der Waals surface area contributed by atoms with Crippen LogP contribution in [0.3, 0.4) is 0 Å². The molecule has 11 nitrogen and oxygen atoms in total. The Hall–Kier alpha value is -2.34. The number of nitrogens with two attached hydrogens (primary N) is 1. The summed E-state index contributed by atoms with van der Waals surface area (Å²) in [6.07, 6.45) is 2.60. The number of likely N-dealkylation sites (N-methyl/N-ethyl adjacent to an activating group) is 1. The van der Waals surface area contributed by atoms with Gasteiger partial charge in [-0.3, -0.25) is 9.36 Å². The molecule has 2 aromatic heterocycles. The summed E-state index contributed by atoms with van der Waals surface area (Å²) in [5.74, 6) is -0.392. The van der Waals surface area contributed by atoms with Crippen molar-refractivity contribution in [3.8, 4) is 0 Å². The van der Waals surface area contributed by atoms with Gasteiger partial charge in [0.15, 0.2) is 23.5 Å². The predicted octanol–water partition coefficient (Wildman–Crippen LogP) is 0.321. The van der Waals surface area contributed by atoms with Gasteiger partial charge in [0, 0.05) is 13.1 Å². The highest BCUT2D eigenvalue weighted by atomic mass is 16.8. The van der Waals surface area contributed by atoms with E-state index in [4.69, 9.17) is 24.7 Å². The molecule has 0 radical (unpaired) electrons. The number of carbonyl (C=O) groups is 1. The van der Waals surface area contributed by atoms with E-state index in [1.54, 1.807) is 6.33 Å². The second-order valence-electron chi connectivity index (χ2n) is 7.80. The van der Waals surface area contributed by atoms with E-state index in [9.17, 15) is 4.79 Å². The van der Waals surface area contributed by atoms with Gasteiger partial charge in [-0.1, -0.05) is 0 Å². The van der Waals surface area contributed by atoms with Crippen LogP contribution in [0.5, 0.6) is 0 Å². The number of rotatable bonds is 8. The zero-order chi connectivity index (χ0) is 20.6. The van der Waals surface area contributed by atoms with Crippen LogP contribution in [0, 0.1) is 0 Å². The number of anilines is 1. The standard InChI is InChI=1S/C18H26N6O5/c1-18(2)28-13-11(7-23(3)5-4-6-26-10-25)27-17(14(13)29-18)24-9-22-12-15(19)20-8-21-16(12)24/h8-11,13-14,17H,4-7H2,1-3H3,(H2,19,20,21)/t11?,13-,14-,17?/m1/s1. The summed E-state index contributed by atoms with van der Waals surface area (Å²) in [5.41, 5.74) is 7.04. The molecule has 0 bridgehead atoms. The van der Waals surface area contributed by atoms with Gasteiger partial charge in [-0.05, 0) is 27.3 Å². The van der Waals surface area contributed by atoms with Gasteiger partial charge in [-0.25, -0.2) is 15.0 Å². The first-order chi connectivity index (χ1) is 13.9. The first kappa shape index (κ1) is 20.0. The summed E-state index contributed by atoms with van der Waals surface area (Å²) in [7, 11) is 1.99. The summed E-state index contributed by atoms with van der Waals surface area (Å²) in [4.78, 5) is 25.0. The van der Waals surface area contributed by atoms with Gasteiger partial charge in [-0.15, -0.1) is 0 Å². The lowest BCUT2D eigenvalue weighted by Crippen LogP contribution is -2.39. The maximum Gasteiger partial charge on any atom is 0.293 e. The van der Waals surface area contributed by atoms with Crippen molar-refractivity contribution in [3.63, 3.8) is 0 Å². The molecular formula is C18H26N6O5. The topological polar surface area (TPSA) is 127 Å². The summed E-state index contributed by atoms with van der Waals surface area (Å²) in [6, 6.07) is 0. The minimum absolute atomic E-state index is 0.208. The molecule has 0 spiro atoms. The van der Waals surface area contributed by atoms with E-state index < -0.39 is 12.0 Å². The van der Waals surface area contributed by atoms with E-state index in [0.29, 0.717) is 36.6 Å². The van der Waals surface area contributed by atoms with E-state index >= 15 is 0 Å². The SMILES string of the molecule is CN(CCCOC=O)CC1OC(n2cnc3c(N)ncnc32)[C@@H]2OC(C)(C)O[C@H]12. The Morgan fingerprint density at radius 2 is 2.10 bits per heavy atom. The second kappa shape index (κ2) is 7.82. The van der Waals surface area contributed by atoms with Gasteiger partial charge in [0.1, 0.15) is 30.2 Å². The Bertz CT molecular complexity index is 874. The third-order valence-electron chi connectivity index (χ3n) is 5.15. The molecule has 29 heavy (non-hydrogen) atoms. The van der Waals surface area contributed by atoms with Crippen LogP contribution in [0.15, 0.2) is 12.7 Å². The van der Waals surface area contributed by atoms with Crippen molar-refractivity contribution >= 4 is 23.5 Å². The minimum Gasteiger partial charge on any atom is -0.468 e. The zero-order valence-corrected chi connectivity index (χ0v) is 16.7. The average molecular weight is 406 g/mol. The number of imidazole rings is 1. The number of hydrogen-bond acceptors (Lipinski definition) is 10. The fourth-order valence-corrected chi connectivity index (χ4v) is 3.95. The Balaban J connectivity index is 1.53. The number of nitrogen functional groups attached to an aromatic ring is 1. The largest absolute Gasteiger partial charge is 0.468 e. The fourth-order valence-electron chi connectivity index (χ4n) is 3.95. The summed E-state index contributed by atoms with van der Waals surface area (Å²) >= 11 is 0. The third kappa shape index (κ3) is 3.90. The summed E-state index contributed by atoms with van der Waals surface area (Å²) in [6.45, 7) is 6.05. The van der Waals surface area contributed by atoms with Crippen LogP contribution in [-0.2, 0) is 23.7 Å². The molecule has 0 aliphatic carbocycles. The molecule has 4 heterocycles. The molecule has 2 saturated heterocycles. The predicted molar refractivity (Wildman–Crippen MR) is 102 cm³/mol. The molecule has 4 atom stereocenters. The molecule has 2 aliphatic heterocycles. The highest BCUT2D eigenvalue weighted by molar-refractivity contribution is 5.81. The lowest BCUT2D eigenvalue weighted by molar-refractivity contribution is -0.197. The van der Waals surface area contributed by atoms with E-state index in [0.717, 1.165) is 13.0 Å². The van der Waals surface area contributed by atoms with E-state index in [1.807, 2.05) is 25.5 Å². The summed E-state index contributed by atoms with van der Waals surface area (Å²) < 4.78 is 25.3. The Morgan fingerprint density at radius 1 is 1.31 bits per heavy atom. The highest BCUT2D eigenvalue weighted by Crippen LogP contribution is 2.43. The molecule has 0 aromatic carbocycles. The van der Waals surface area contributed by atoms with Gasteiger partial charge >= 0.3 is 0 Å². The molecule has 2 aliphatic rings. The van der Waals surface area contributed by atoms with Crippen LogP contribution < -0.4 is 5.73 Å². The van der Waals surface area contributed by atoms with Crippen LogP contribution in [0.2, 0.25) is 0 Å². The molecule has 158 valence electrons. The average Bonchev–Trinajstić information content (AvgIpc) is 3.31. The molecule has 4 rings (SSSR count).